The predicted octanol–water partition coefficient (Wildman–Crippen LogP) is 0.824. The first-order valence-electron chi connectivity index (χ1n) is 2.91. The SMILES string of the molecule is C[Si](C)(C)C1=N[N]C=N1. The highest BCUT2D eigenvalue weighted by Gasteiger charge is 2.23. The third kappa shape index (κ3) is 1.38. The molecule has 0 atom stereocenters. The lowest BCUT2D eigenvalue weighted by Gasteiger charge is -2.10. The summed E-state index contributed by atoms with van der Waals surface area (Å²) < 4.78 is 0. The predicted molar refractivity (Wildman–Crippen MR) is 41.4 cm³/mol. The summed E-state index contributed by atoms with van der Waals surface area (Å²) in [6.07, 6.45) is 1.51. The van der Waals surface area contributed by atoms with E-state index in [0.29, 0.717) is 0 Å². The molecule has 3 nitrogen and oxygen atoms in total. The Hall–Kier alpha value is -0.643. The minimum atomic E-state index is -1.27. The molecular formula is C5H10N3Si. The smallest absolute Gasteiger partial charge is 0.139 e. The fraction of sp³-hybridized carbons (Fsp3) is 0.600. The van der Waals surface area contributed by atoms with Gasteiger partial charge >= 0.3 is 0 Å². The quantitative estimate of drug-likeness (QED) is 0.484. The van der Waals surface area contributed by atoms with E-state index in [-0.39, 0.29) is 0 Å². The van der Waals surface area contributed by atoms with E-state index in [4.69, 9.17) is 0 Å². The highest BCUT2D eigenvalue weighted by molar-refractivity contribution is 7.04. The van der Waals surface area contributed by atoms with Crippen molar-refractivity contribution >= 4 is 19.9 Å². The van der Waals surface area contributed by atoms with E-state index < -0.39 is 8.07 Å². The molecule has 1 aliphatic rings. The Balaban J connectivity index is 2.73. The maximum Gasteiger partial charge on any atom is 0.139 e. The Morgan fingerprint density at radius 3 is 2.22 bits per heavy atom. The summed E-state index contributed by atoms with van der Waals surface area (Å²) in [5.74, 6) is 0. The lowest BCUT2D eigenvalue weighted by Crippen LogP contribution is -2.30. The summed E-state index contributed by atoms with van der Waals surface area (Å²) in [5.41, 5.74) is 4.61. The molecule has 0 N–H and O–H groups in total. The van der Waals surface area contributed by atoms with Crippen LogP contribution in [0.25, 0.3) is 0 Å². The standard InChI is InChI=1S/C5H10N3Si/c1-9(2,3)5-6-4-7-8-5/h4H,1-3H3. The molecular weight excluding hydrogens is 130 g/mol. The summed E-state index contributed by atoms with van der Waals surface area (Å²) in [6, 6.07) is 0. The molecule has 1 radical (unpaired) electrons. The van der Waals surface area contributed by atoms with Gasteiger partial charge in [0, 0.05) is 0 Å². The number of aliphatic imine (C=N–C) groups is 1. The van der Waals surface area contributed by atoms with Crippen molar-refractivity contribution in [2.45, 2.75) is 19.6 Å². The second kappa shape index (κ2) is 1.95. The third-order valence-corrected chi connectivity index (χ3v) is 2.63. The van der Waals surface area contributed by atoms with Crippen molar-refractivity contribution in [2.24, 2.45) is 10.1 Å². The Kier molecular flexibility index (Phi) is 1.40. The number of rotatable bonds is 1. The van der Waals surface area contributed by atoms with Crippen LogP contribution in [-0.4, -0.2) is 19.9 Å². The van der Waals surface area contributed by atoms with Crippen LogP contribution in [0.3, 0.4) is 0 Å². The molecule has 0 saturated carbocycles. The molecule has 0 aromatic heterocycles. The molecule has 1 rings (SSSR count). The van der Waals surface area contributed by atoms with E-state index >= 15 is 0 Å². The summed E-state index contributed by atoms with van der Waals surface area (Å²) in [4.78, 5) is 4.03. The average Bonchev–Trinajstić information content (AvgIpc) is 2.08. The molecule has 0 aromatic carbocycles. The lowest BCUT2D eigenvalue weighted by molar-refractivity contribution is 1.06. The average molecular weight is 140 g/mol. The van der Waals surface area contributed by atoms with Crippen LogP contribution in [0.2, 0.25) is 19.6 Å². The van der Waals surface area contributed by atoms with Crippen LogP contribution in [-0.2, 0) is 0 Å². The second-order valence-corrected chi connectivity index (χ2v) is 7.98. The third-order valence-electron chi connectivity index (χ3n) is 1.05. The molecule has 0 amide bonds. The first kappa shape index (κ1) is 6.48. The topological polar surface area (TPSA) is 38.8 Å². The van der Waals surface area contributed by atoms with Crippen LogP contribution in [0, 0.1) is 0 Å². The van der Waals surface area contributed by atoms with Gasteiger partial charge in [-0.15, -0.1) is 10.5 Å². The molecule has 0 saturated heterocycles. The monoisotopic (exact) mass is 140 g/mol. The minimum Gasteiger partial charge on any atom is -0.223 e. The van der Waals surface area contributed by atoms with Gasteiger partial charge in [0.25, 0.3) is 0 Å². The summed E-state index contributed by atoms with van der Waals surface area (Å²) in [6.45, 7) is 6.60. The Morgan fingerprint density at radius 1 is 1.33 bits per heavy atom. The Bertz CT molecular complexity index is 166. The molecule has 4 heteroatoms. The highest BCUT2D eigenvalue weighted by Crippen LogP contribution is 2.06. The number of hydrogen-bond donors (Lipinski definition) is 0. The first-order chi connectivity index (χ1) is 4.11. The maximum absolute atomic E-state index is 4.03. The zero-order valence-electron chi connectivity index (χ0n) is 5.92. The van der Waals surface area contributed by atoms with Crippen molar-refractivity contribution in [3.8, 4) is 0 Å². The maximum atomic E-state index is 4.03. The number of amidine groups is 1. The van der Waals surface area contributed by atoms with Gasteiger partial charge in [-0.2, -0.15) is 0 Å². The van der Waals surface area contributed by atoms with E-state index in [1.165, 1.54) is 6.34 Å². The van der Waals surface area contributed by atoms with E-state index in [1.54, 1.807) is 0 Å². The van der Waals surface area contributed by atoms with Crippen LogP contribution in [0.4, 0.5) is 0 Å². The van der Waals surface area contributed by atoms with Gasteiger partial charge < -0.3 is 0 Å². The summed E-state index contributed by atoms with van der Waals surface area (Å²) >= 11 is 0. The summed E-state index contributed by atoms with van der Waals surface area (Å²) in [5, 5.41) is 3.89. The number of nitrogens with zero attached hydrogens (tertiary/aromatic N) is 3. The minimum absolute atomic E-state index is 0.947. The first-order valence-corrected chi connectivity index (χ1v) is 6.41. The van der Waals surface area contributed by atoms with E-state index in [1.807, 2.05) is 0 Å². The zero-order chi connectivity index (χ0) is 6.91. The van der Waals surface area contributed by atoms with Gasteiger partial charge in [0.2, 0.25) is 0 Å². The van der Waals surface area contributed by atoms with Crippen LogP contribution < -0.4 is 5.43 Å². The molecule has 0 bridgehead atoms. The van der Waals surface area contributed by atoms with E-state index in [0.717, 1.165) is 5.46 Å². The molecule has 9 heavy (non-hydrogen) atoms. The van der Waals surface area contributed by atoms with E-state index in [2.05, 4.69) is 35.2 Å². The van der Waals surface area contributed by atoms with Gasteiger partial charge in [0.15, 0.2) is 0 Å². The highest BCUT2D eigenvalue weighted by atomic mass is 28.3. The molecule has 1 aliphatic heterocycles. The zero-order valence-corrected chi connectivity index (χ0v) is 6.92. The van der Waals surface area contributed by atoms with Gasteiger partial charge in [-0.3, -0.25) is 0 Å². The van der Waals surface area contributed by atoms with Gasteiger partial charge in [-0.25, -0.2) is 4.99 Å². The van der Waals surface area contributed by atoms with Crippen molar-refractivity contribution in [3.63, 3.8) is 0 Å². The van der Waals surface area contributed by atoms with Gasteiger partial charge in [-0.05, 0) is 0 Å². The molecule has 0 fully saturated rings. The normalized spacial score (nSPS) is 17.4. The van der Waals surface area contributed by atoms with Crippen LogP contribution in [0.5, 0.6) is 0 Å². The van der Waals surface area contributed by atoms with Crippen LogP contribution in [0.15, 0.2) is 10.1 Å². The molecule has 0 aromatic rings. The Morgan fingerprint density at radius 2 is 2.00 bits per heavy atom. The molecule has 49 valence electrons. The largest absolute Gasteiger partial charge is 0.223 e. The summed E-state index contributed by atoms with van der Waals surface area (Å²) in [7, 11) is -1.27. The van der Waals surface area contributed by atoms with Crippen molar-refractivity contribution < 1.29 is 0 Å². The molecule has 0 spiro atoms. The van der Waals surface area contributed by atoms with Crippen molar-refractivity contribution in [2.75, 3.05) is 0 Å². The van der Waals surface area contributed by atoms with Crippen molar-refractivity contribution in [1.82, 2.24) is 5.43 Å². The Labute approximate surface area is 55.9 Å². The van der Waals surface area contributed by atoms with Gasteiger partial charge in [0.05, 0.1) is 0 Å². The fourth-order valence-corrected chi connectivity index (χ4v) is 1.33. The molecule has 0 unspecified atom stereocenters. The molecule has 1 heterocycles. The number of hydrogen-bond acceptors (Lipinski definition) is 2. The fourth-order valence-electron chi connectivity index (χ4n) is 0.530. The lowest BCUT2D eigenvalue weighted by atomic mass is 11.2. The van der Waals surface area contributed by atoms with Crippen LogP contribution in [0.1, 0.15) is 0 Å². The van der Waals surface area contributed by atoms with Crippen LogP contribution >= 0.6 is 0 Å². The van der Waals surface area contributed by atoms with E-state index in [9.17, 15) is 0 Å². The van der Waals surface area contributed by atoms with Gasteiger partial charge in [0.1, 0.15) is 19.9 Å². The van der Waals surface area contributed by atoms with Crippen molar-refractivity contribution in [3.05, 3.63) is 0 Å². The molecule has 0 aliphatic carbocycles. The van der Waals surface area contributed by atoms with Crippen molar-refractivity contribution in [1.29, 1.82) is 0 Å². The van der Waals surface area contributed by atoms with Gasteiger partial charge in [-0.1, -0.05) is 19.6 Å². The second-order valence-electron chi connectivity index (χ2n) is 3.03.